The molecule has 0 bridgehead atoms. The van der Waals surface area contributed by atoms with Crippen LogP contribution in [0.15, 0.2) is 65.6 Å². The summed E-state index contributed by atoms with van der Waals surface area (Å²) in [5.41, 5.74) is 2.41. The van der Waals surface area contributed by atoms with Crippen LogP contribution in [0.5, 0.6) is 0 Å². The van der Waals surface area contributed by atoms with E-state index in [9.17, 15) is 4.79 Å². The number of carbonyl (C=O) groups excluding carboxylic acids is 1. The van der Waals surface area contributed by atoms with Gasteiger partial charge >= 0.3 is 0 Å². The molecule has 136 valence electrons. The van der Waals surface area contributed by atoms with Crippen LogP contribution in [0.1, 0.15) is 39.3 Å². The largest absolute Gasteiger partial charge is 0.345 e. The van der Waals surface area contributed by atoms with Gasteiger partial charge in [-0.15, -0.1) is 23.1 Å². The smallest absolute Gasteiger partial charge is 0.252 e. The number of hydrogen-bond donors (Lipinski definition) is 1. The predicted octanol–water partition coefficient (Wildman–Crippen LogP) is 6.06. The summed E-state index contributed by atoms with van der Waals surface area (Å²) in [7, 11) is 0. The number of nitrogens with zero attached hydrogens (tertiary/aromatic N) is 1. The Morgan fingerprint density at radius 3 is 2.59 bits per heavy atom. The molecule has 1 aromatic heterocycles. The summed E-state index contributed by atoms with van der Waals surface area (Å²) < 4.78 is 0.712. The Morgan fingerprint density at radius 2 is 1.93 bits per heavy atom. The number of amides is 1. The number of thiophene rings is 1. The maximum atomic E-state index is 12.8. The summed E-state index contributed by atoms with van der Waals surface area (Å²) in [5.74, 6) is 0.626. The molecular formula is C21H17ClN2OS2. The average molecular weight is 413 g/mol. The number of nitriles is 1. The van der Waals surface area contributed by atoms with Gasteiger partial charge in [0.15, 0.2) is 0 Å². The van der Waals surface area contributed by atoms with Crippen LogP contribution in [0.4, 0.5) is 0 Å². The van der Waals surface area contributed by atoms with Crippen LogP contribution in [0.3, 0.4) is 0 Å². The van der Waals surface area contributed by atoms with Crippen molar-refractivity contribution < 1.29 is 4.79 Å². The number of rotatable bonds is 6. The fourth-order valence-electron chi connectivity index (χ4n) is 2.52. The van der Waals surface area contributed by atoms with Crippen molar-refractivity contribution in [2.75, 3.05) is 0 Å². The van der Waals surface area contributed by atoms with Crippen molar-refractivity contribution in [1.82, 2.24) is 5.32 Å². The first-order chi connectivity index (χ1) is 13.1. The van der Waals surface area contributed by atoms with Crippen LogP contribution in [0.25, 0.3) is 0 Å². The number of halogens is 1. The Labute approximate surface area is 172 Å². The van der Waals surface area contributed by atoms with Crippen molar-refractivity contribution in [2.24, 2.45) is 0 Å². The third-order valence-electron chi connectivity index (χ3n) is 3.98. The van der Waals surface area contributed by atoms with E-state index in [-0.39, 0.29) is 11.9 Å². The summed E-state index contributed by atoms with van der Waals surface area (Å²) in [6.45, 7) is 1.95. The van der Waals surface area contributed by atoms with Crippen molar-refractivity contribution in [3.8, 4) is 6.07 Å². The maximum absolute atomic E-state index is 12.8. The van der Waals surface area contributed by atoms with Gasteiger partial charge in [0.1, 0.15) is 0 Å². The Bertz CT molecular complexity index is 976. The van der Waals surface area contributed by atoms with Crippen molar-refractivity contribution in [1.29, 1.82) is 5.26 Å². The number of thioether (sulfide) groups is 1. The molecule has 0 fully saturated rings. The zero-order valence-corrected chi connectivity index (χ0v) is 17.0. The van der Waals surface area contributed by atoms with E-state index in [1.165, 1.54) is 11.3 Å². The van der Waals surface area contributed by atoms with Crippen LogP contribution in [0.2, 0.25) is 4.34 Å². The van der Waals surface area contributed by atoms with Crippen molar-refractivity contribution in [3.63, 3.8) is 0 Å². The third-order valence-corrected chi connectivity index (χ3v) is 6.54. The first-order valence-corrected chi connectivity index (χ1v) is 10.5. The van der Waals surface area contributed by atoms with Crippen molar-refractivity contribution in [3.05, 3.63) is 86.6 Å². The lowest BCUT2D eigenvalue weighted by atomic mass is 10.2. The fourth-order valence-corrected chi connectivity index (χ4v) is 4.59. The van der Waals surface area contributed by atoms with E-state index < -0.39 is 0 Å². The topological polar surface area (TPSA) is 52.9 Å². The summed E-state index contributed by atoms with van der Waals surface area (Å²) in [6.07, 6.45) is 0. The van der Waals surface area contributed by atoms with Gasteiger partial charge in [0.2, 0.25) is 0 Å². The molecule has 2 aromatic carbocycles. The van der Waals surface area contributed by atoms with Gasteiger partial charge in [0.25, 0.3) is 5.91 Å². The van der Waals surface area contributed by atoms with E-state index in [1.807, 2.05) is 67.6 Å². The average Bonchev–Trinajstić information content (AvgIpc) is 3.13. The molecule has 1 N–H and O–H groups in total. The quantitative estimate of drug-likeness (QED) is 0.501. The van der Waals surface area contributed by atoms with Gasteiger partial charge in [0, 0.05) is 15.5 Å². The lowest BCUT2D eigenvalue weighted by Gasteiger charge is -2.14. The van der Waals surface area contributed by atoms with Gasteiger partial charge in [-0.2, -0.15) is 5.26 Å². The van der Waals surface area contributed by atoms with E-state index in [1.54, 1.807) is 11.8 Å². The molecule has 0 saturated carbocycles. The SMILES string of the molecule is CC(NC(=O)c1ccccc1SCc1ccc(C#N)cc1)c1ccc(Cl)s1. The molecule has 0 aliphatic carbocycles. The standard InChI is InChI=1S/C21H17ClN2OS2/c1-14(18-10-11-20(22)27-18)24-21(25)17-4-2-3-5-19(17)26-13-16-8-6-15(12-23)7-9-16/h2-11,14H,13H2,1H3,(H,24,25). The Morgan fingerprint density at radius 1 is 1.19 bits per heavy atom. The molecule has 3 rings (SSSR count). The molecule has 0 spiro atoms. The molecule has 27 heavy (non-hydrogen) atoms. The first-order valence-electron chi connectivity index (χ1n) is 8.34. The molecule has 0 saturated heterocycles. The molecule has 6 heteroatoms. The number of hydrogen-bond acceptors (Lipinski definition) is 4. The molecule has 1 unspecified atom stereocenters. The fraction of sp³-hybridized carbons (Fsp3) is 0.143. The zero-order valence-electron chi connectivity index (χ0n) is 14.6. The Kier molecular flexibility index (Phi) is 6.57. The number of nitrogens with one attached hydrogen (secondary N) is 1. The van der Waals surface area contributed by atoms with Gasteiger partial charge in [-0.3, -0.25) is 4.79 Å². The van der Waals surface area contributed by atoms with E-state index >= 15 is 0 Å². The molecule has 0 radical (unpaired) electrons. The minimum Gasteiger partial charge on any atom is -0.345 e. The first kappa shape index (κ1) is 19.5. The number of carbonyl (C=O) groups is 1. The van der Waals surface area contributed by atoms with E-state index in [4.69, 9.17) is 16.9 Å². The maximum Gasteiger partial charge on any atom is 0.252 e. The summed E-state index contributed by atoms with van der Waals surface area (Å²) >= 11 is 9.06. The van der Waals surface area contributed by atoms with Crippen LogP contribution >= 0.6 is 34.7 Å². The normalized spacial score (nSPS) is 11.6. The molecule has 3 nitrogen and oxygen atoms in total. The summed E-state index contributed by atoms with van der Waals surface area (Å²) in [5, 5.41) is 11.9. The number of benzene rings is 2. The van der Waals surface area contributed by atoms with Crippen LogP contribution in [-0.2, 0) is 5.75 Å². The lowest BCUT2D eigenvalue weighted by molar-refractivity contribution is 0.0937. The highest BCUT2D eigenvalue weighted by atomic mass is 35.5. The molecule has 0 aliphatic rings. The van der Waals surface area contributed by atoms with E-state index in [0.29, 0.717) is 15.5 Å². The van der Waals surface area contributed by atoms with Crippen molar-refractivity contribution >= 4 is 40.6 Å². The predicted molar refractivity (Wildman–Crippen MR) is 112 cm³/mol. The molecule has 1 heterocycles. The molecular weight excluding hydrogens is 396 g/mol. The Balaban J connectivity index is 1.69. The highest BCUT2D eigenvalue weighted by Crippen LogP contribution is 2.29. The Hall–Kier alpha value is -2.26. The van der Waals surface area contributed by atoms with Crippen LogP contribution in [-0.4, -0.2) is 5.91 Å². The minimum absolute atomic E-state index is 0.102. The van der Waals surface area contributed by atoms with Gasteiger partial charge in [-0.25, -0.2) is 0 Å². The second-order valence-electron chi connectivity index (χ2n) is 5.93. The second-order valence-corrected chi connectivity index (χ2v) is 8.69. The van der Waals surface area contributed by atoms with Gasteiger partial charge in [-0.05, 0) is 48.9 Å². The zero-order chi connectivity index (χ0) is 19.2. The lowest BCUT2D eigenvalue weighted by Crippen LogP contribution is -2.26. The third kappa shape index (κ3) is 5.14. The molecule has 0 aliphatic heterocycles. The monoisotopic (exact) mass is 412 g/mol. The van der Waals surface area contributed by atoms with E-state index in [0.717, 1.165) is 21.1 Å². The van der Waals surface area contributed by atoms with Gasteiger partial charge < -0.3 is 5.32 Å². The summed E-state index contributed by atoms with van der Waals surface area (Å²) in [4.78, 5) is 14.7. The highest BCUT2D eigenvalue weighted by molar-refractivity contribution is 7.98. The minimum atomic E-state index is -0.105. The van der Waals surface area contributed by atoms with Gasteiger partial charge in [-0.1, -0.05) is 35.9 Å². The molecule has 3 aromatic rings. The molecule has 1 amide bonds. The van der Waals surface area contributed by atoms with Crippen LogP contribution < -0.4 is 5.32 Å². The summed E-state index contributed by atoms with van der Waals surface area (Å²) in [6, 6.07) is 20.9. The van der Waals surface area contributed by atoms with Crippen LogP contribution in [0, 0.1) is 11.3 Å². The van der Waals surface area contributed by atoms with Crippen molar-refractivity contribution in [2.45, 2.75) is 23.6 Å². The van der Waals surface area contributed by atoms with Gasteiger partial charge in [0.05, 0.1) is 27.6 Å². The van der Waals surface area contributed by atoms with E-state index in [2.05, 4.69) is 11.4 Å². The second kappa shape index (κ2) is 9.09. The highest BCUT2D eigenvalue weighted by Gasteiger charge is 2.16. The molecule has 1 atom stereocenters.